The zero-order chi connectivity index (χ0) is 15.3. The van der Waals surface area contributed by atoms with Gasteiger partial charge in [0.25, 0.3) is 5.91 Å². The summed E-state index contributed by atoms with van der Waals surface area (Å²) in [5.41, 5.74) is 2.77. The molecule has 0 unspecified atom stereocenters. The van der Waals surface area contributed by atoms with E-state index >= 15 is 0 Å². The van der Waals surface area contributed by atoms with E-state index in [1.807, 2.05) is 34.0 Å². The number of esters is 1. The lowest BCUT2D eigenvalue weighted by molar-refractivity contribution is -0.849. The summed E-state index contributed by atoms with van der Waals surface area (Å²) in [6, 6.07) is 3.67. The minimum atomic E-state index is -0.410. The highest BCUT2D eigenvalue weighted by Gasteiger charge is 2.18. The minimum absolute atomic E-state index is 0.123. The molecule has 5 heteroatoms. The van der Waals surface area contributed by atoms with Gasteiger partial charge in [-0.05, 0) is 38.0 Å². The number of ether oxygens (including phenoxy) is 1. The van der Waals surface area contributed by atoms with Gasteiger partial charge in [-0.15, -0.1) is 0 Å². The average molecular weight is 279 g/mol. The molecule has 1 aromatic carbocycles. The predicted octanol–water partition coefficient (Wildman–Crippen LogP) is 0.563. The second-order valence-corrected chi connectivity index (χ2v) is 5.16. The van der Waals surface area contributed by atoms with Gasteiger partial charge >= 0.3 is 5.97 Å². The van der Waals surface area contributed by atoms with Crippen LogP contribution < -0.4 is 10.2 Å². The van der Waals surface area contributed by atoms with Crippen LogP contribution in [-0.2, 0) is 9.53 Å². The number of hydrogen-bond donors (Lipinski definition) is 2. The molecule has 5 nitrogen and oxygen atoms in total. The van der Waals surface area contributed by atoms with Gasteiger partial charge in [-0.2, -0.15) is 0 Å². The fourth-order valence-electron chi connectivity index (χ4n) is 2.01. The van der Waals surface area contributed by atoms with Gasteiger partial charge in [-0.25, -0.2) is 4.79 Å². The van der Waals surface area contributed by atoms with Crippen LogP contribution in [0.3, 0.4) is 0 Å². The lowest BCUT2D eigenvalue weighted by Crippen LogP contribution is -3.06. The minimum Gasteiger partial charge on any atom is -0.462 e. The maximum atomic E-state index is 12.0. The van der Waals surface area contributed by atoms with E-state index in [1.165, 1.54) is 0 Å². The molecule has 0 radical (unpaired) electrons. The third-order valence-corrected chi connectivity index (χ3v) is 2.75. The van der Waals surface area contributed by atoms with Crippen LogP contribution >= 0.6 is 0 Å². The number of nitrogens with one attached hydrogen (secondary N) is 2. The van der Waals surface area contributed by atoms with Crippen LogP contribution in [0.15, 0.2) is 12.1 Å². The van der Waals surface area contributed by atoms with E-state index in [-0.39, 0.29) is 5.91 Å². The third kappa shape index (κ3) is 4.35. The first kappa shape index (κ1) is 16.2. The normalized spacial score (nSPS) is 10.5. The standard InChI is InChI=1S/C15H22N2O3/c1-6-20-15(19)12-8-10(2)7-11(3)14(12)16-13(18)9-17(4)5/h7-8H,6,9H2,1-5H3,(H,16,18)/p+1. The lowest BCUT2D eigenvalue weighted by Gasteiger charge is -2.15. The number of amides is 1. The molecule has 0 saturated carbocycles. The third-order valence-electron chi connectivity index (χ3n) is 2.75. The Kier molecular flexibility index (Phi) is 5.70. The van der Waals surface area contributed by atoms with Gasteiger partial charge in [-0.3, -0.25) is 4.79 Å². The van der Waals surface area contributed by atoms with Crippen LogP contribution in [0.2, 0.25) is 0 Å². The van der Waals surface area contributed by atoms with E-state index in [2.05, 4.69) is 5.32 Å². The SMILES string of the molecule is CCOC(=O)c1cc(C)cc(C)c1NC(=O)C[NH+](C)C. The number of benzene rings is 1. The zero-order valence-corrected chi connectivity index (χ0v) is 12.8. The van der Waals surface area contributed by atoms with E-state index in [0.717, 1.165) is 16.0 Å². The molecule has 2 N–H and O–H groups in total. The van der Waals surface area contributed by atoms with Crippen LogP contribution in [0.5, 0.6) is 0 Å². The Hall–Kier alpha value is -1.88. The summed E-state index contributed by atoms with van der Waals surface area (Å²) in [6.07, 6.45) is 0. The molecule has 0 heterocycles. The van der Waals surface area contributed by atoms with E-state index < -0.39 is 5.97 Å². The summed E-state index contributed by atoms with van der Waals surface area (Å²) in [6.45, 7) is 6.18. The van der Waals surface area contributed by atoms with Crippen LogP contribution in [0, 0.1) is 13.8 Å². The Bertz CT molecular complexity index is 510. The highest BCUT2D eigenvalue weighted by atomic mass is 16.5. The highest BCUT2D eigenvalue weighted by molar-refractivity contribution is 6.02. The maximum absolute atomic E-state index is 12.0. The molecule has 1 aromatic rings. The van der Waals surface area contributed by atoms with E-state index in [9.17, 15) is 9.59 Å². The number of carbonyl (C=O) groups excluding carboxylic acids is 2. The molecular weight excluding hydrogens is 256 g/mol. The fourth-order valence-corrected chi connectivity index (χ4v) is 2.01. The van der Waals surface area contributed by atoms with Crippen LogP contribution in [0.4, 0.5) is 5.69 Å². The van der Waals surface area contributed by atoms with Gasteiger partial charge < -0.3 is 15.0 Å². The molecule has 0 atom stereocenters. The van der Waals surface area contributed by atoms with Gasteiger partial charge in [0.2, 0.25) is 0 Å². The first-order valence-corrected chi connectivity index (χ1v) is 6.72. The molecule has 110 valence electrons. The van der Waals surface area contributed by atoms with Gasteiger partial charge in [0, 0.05) is 0 Å². The summed E-state index contributed by atoms with van der Waals surface area (Å²) in [5.74, 6) is -0.533. The molecule has 0 aliphatic carbocycles. The molecule has 0 aliphatic heterocycles. The van der Waals surface area contributed by atoms with Crippen molar-refractivity contribution in [1.82, 2.24) is 0 Å². The first-order chi connectivity index (χ1) is 9.35. The van der Waals surface area contributed by atoms with Gasteiger partial charge in [0.05, 0.1) is 32.0 Å². The number of anilines is 1. The van der Waals surface area contributed by atoms with Crippen molar-refractivity contribution in [3.63, 3.8) is 0 Å². The summed E-state index contributed by atoms with van der Waals surface area (Å²) in [4.78, 5) is 24.9. The second-order valence-electron chi connectivity index (χ2n) is 5.16. The van der Waals surface area contributed by atoms with Crippen molar-refractivity contribution >= 4 is 17.6 Å². The molecule has 1 amide bonds. The van der Waals surface area contributed by atoms with Crippen molar-refractivity contribution < 1.29 is 19.2 Å². The molecule has 1 rings (SSSR count). The Morgan fingerprint density at radius 2 is 1.90 bits per heavy atom. The van der Waals surface area contributed by atoms with E-state index in [1.54, 1.807) is 13.0 Å². The van der Waals surface area contributed by atoms with Crippen molar-refractivity contribution in [2.75, 3.05) is 32.6 Å². The molecule has 0 aliphatic rings. The van der Waals surface area contributed by atoms with E-state index in [0.29, 0.717) is 24.4 Å². The number of carbonyl (C=O) groups is 2. The number of hydrogen-bond acceptors (Lipinski definition) is 3. The van der Waals surface area contributed by atoms with Gasteiger partial charge in [0.1, 0.15) is 0 Å². The largest absolute Gasteiger partial charge is 0.462 e. The monoisotopic (exact) mass is 279 g/mol. The van der Waals surface area contributed by atoms with Crippen molar-refractivity contribution in [3.8, 4) is 0 Å². The Labute approximate surface area is 119 Å². The summed E-state index contributed by atoms with van der Waals surface area (Å²) in [5, 5.41) is 2.82. The topological polar surface area (TPSA) is 59.8 Å². The second kappa shape index (κ2) is 7.05. The smallest absolute Gasteiger partial charge is 0.340 e. The molecule has 20 heavy (non-hydrogen) atoms. The number of quaternary nitrogens is 1. The zero-order valence-electron chi connectivity index (χ0n) is 12.8. The van der Waals surface area contributed by atoms with Crippen LogP contribution in [0.25, 0.3) is 0 Å². The van der Waals surface area contributed by atoms with Gasteiger partial charge in [0.15, 0.2) is 6.54 Å². The highest BCUT2D eigenvalue weighted by Crippen LogP contribution is 2.23. The maximum Gasteiger partial charge on any atom is 0.340 e. The Balaban J connectivity index is 3.10. The van der Waals surface area contributed by atoms with E-state index in [4.69, 9.17) is 4.74 Å². The summed E-state index contributed by atoms with van der Waals surface area (Å²) in [7, 11) is 3.79. The number of rotatable bonds is 5. The average Bonchev–Trinajstić information content (AvgIpc) is 2.31. The Morgan fingerprint density at radius 3 is 2.45 bits per heavy atom. The molecule has 0 fully saturated rings. The summed E-state index contributed by atoms with van der Waals surface area (Å²) < 4.78 is 5.05. The number of likely N-dealkylation sites (N-methyl/N-ethyl adjacent to an activating group) is 1. The Morgan fingerprint density at radius 1 is 1.25 bits per heavy atom. The molecule has 0 bridgehead atoms. The van der Waals surface area contributed by atoms with Crippen molar-refractivity contribution in [2.24, 2.45) is 0 Å². The van der Waals surface area contributed by atoms with Crippen LogP contribution in [-0.4, -0.2) is 39.1 Å². The molecule has 0 aromatic heterocycles. The quantitative estimate of drug-likeness (QED) is 0.774. The first-order valence-electron chi connectivity index (χ1n) is 6.72. The fraction of sp³-hybridized carbons (Fsp3) is 0.467. The molecule has 0 saturated heterocycles. The van der Waals surface area contributed by atoms with Crippen molar-refractivity contribution in [2.45, 2.75) is 20.8 Å². The van der Waals surface area contributed by atoms with Gasteiger partial charge in [-0.1, -0.05) is 6.07 Å². The molecular formula is C15H23N2O3+. The van der Waals surface area contributed by atoms with Crippen molar-refractivity contribution in [1.29, 1.82) is 0 Å². The van der Waals surface area contributed by atoms with Crippen LogP contribution in [0.1, 0.15) is 28.4 Å². The van der Waals surface area contributed by atoms with Crippen molar-refractivity contribution in [3.05, 3.63) is 28.8 Å². The predicted molar refractivity (Wildman–Crippen MR) is 78.2 cm³/mol. The number of aryl methyl sites for hydroxylation is 2. The molecule has 0 spiro atoms. The lowest BCUT2D eigenvalue weighted by atomic mass is 10.0. The summed E-state index contributed by atoms with van der Waals surface area (Å²) >= 11 is 0.